The fraction of sp³-hybridized carbons (Fsp3) is 0.440. The molecule has 0 heterocycles. The average Bonchev–Trinajstić information content (AvgIpc) is 2.76. The summed E-state index contributed by atoms with van der Waals surface area (Å²) in [5, 5.41) is 3.75. The smallest absolute Gasteiger partial charge is 0.343 e. The second-order valence-corrected chi connectivity index (χ2v) is 7.89. The van der Waals surface area contributed by atoms with Gasteiger partial charge < -0.3 is 10.1 Å². The van der Waals surface area contributed by atoms with Crippen LogP contribution in [-0.2, 0) is 10.3 Å². The predicted octanol–water partition coefficient (Wildman–Crippen LogP) is 5.41. The van der Waals surface area contributed by atoms with Crippen molar-refractivity contribution in [3.05, 3.63) is 65.7 Å². The van der Waals surface area contributed by atoms with E-state index >= 15 is 0 Å². The van der Waals surface area contributed by atoms with E-state index in [9.17, 15) is 9.59 Å². The first-order valence-corrected chi connectivity index (χ1v) is 10.8. The maximum absolute atomic E-state index is 12.4. The SMILES string of the molecule is CCCCCCNC1(c2cccc(OC(=O)c3ccccc3)c2)CCC(=O)CC1. The molecule has 0 atom stereocenters. The van der Waals surface area contributed by atoms with Crippen molar-refractivity contribution in [1.82, 2.24) is 5.32 Å². The Morgan fingerprint density at radius 1 is 1.00 bits per heavy atom. The first-order chi connectivity index (χ1) is 14.1. The molecule has 0 saturated heterocycles. The number of benzene rings is 2. The van der Waals surface area contributed by atoms with Crippen LogP contribution in [0, 0.1) is 0 Å². The molecule has 0 spiro atoms. The molecule has 0 unspecified atom stereocenters. The van der Waals surface area contributed by atoms with E-state index in [4.69, 9.17) is 4.74 Å². The van der Waals surface area contributed by atoms with Crippen molar-refractivity contribution >= 4 is 11.8 Å². The van der Waals surface area contributed by atoms with Gasteiger partial charge in [-0.05, 0) is 55.6 Å². The van der Waals surface area contributed by atoms with Gasteiger partial charge in [0.05, 0.1) is 5.56 Å². The summed E-state index contributed by atoms with van der Waals surface area (Å²) in [6.45, 7) is 3.14. The van der Waals surface area contributed by atoms with Crippen molar-refractivity contribution in [2.24, 2.45) is 0 Å². The van der Waals surface area contributed by atoms with Crippen LogP contribution in [0.2, 0.25) is 0 Å². The summed E-state index contributed by atoms with van der Waals surface area (Å²) < 4.78 is 5.62. The molecular weight excluding hydrogens is 362 g/mol. The van der Waals surface area contributed by atoms with Gasteiger partial charge >= 0.3 is 5.97 Å². The van der Waals surface area contributed by atoms with E-state index in [-0.39, 0.29) is 11.5 Å². The number of ketones is 1. The highest BCUT2D eigenvalue weighted by Gasteiger charge is 2.36. The number of carbonyl (C=O) groups excluding carboxylic acids is 2. The van der Waals surface area contributed by atoms with Gasteiger partial charge in [-0.2, -0.15) is 0 Å². The summed E-state index contributed by atoms with van der Waals surface area (Å²) in [4.78, 5) is 24.3. The normalized spacial score (nSPS) is 15.8. The first-order valence-electron chi connectivity index (χ1n) is 10.8. The van der Waals surface area contributed by atoms with Gasteiger partial charge in [-0.1, -0.05) is 56.5 Å². The summed E-state index contributed by atoms with van der Waals surface area (Å²) >= 11 is 0. The minimum absolute atomic E-state index is 0.227. The fourth-order valence-electron chi connectivity index (χ4n) is 4.00. The lowest BCUT2D eigenvalue weighted by molar-refractivity contribution is -0.121. The molecule has 0 aromatic heterocycles. The van der Waals surface area contributed by atoms with Gasteiger partial charge in [0.15, 0.2) is 0 Å². The molecule has 0 bridgehead atoms. The fourth-order valence-corrected chi connectivity index (χ4v) is 4.00. The molecule has 0 radical (unpaired) electrons. The lowest BCUT2D eigenvalue weighted by Gasteiger charge is -2.38. The summed E-state index contributed by atoms with van der Waals surface area (Å²) in [7, 11) is 0. The molecule has 3 rings (SSSR count). The maximum Gasteiger partial charge on any atom is 0.343 e. The number of carbonyl (C=O) groups is 2. The van der Waals surface area contributed by atoms with Crippen molar-refractivity contribution < 1.29 is 14.3 Å². The van der Waals surface area contributed by atoms with Crippen LogP contribution in [0.25, 0.3) is 0 Å². The zero-order chi connectivity index (χ0) is 20.5. The maximum atomic E-state index is 12.4. The lowest BCUT2D eigenvalue weighted by atomic mass is 9.76. The molecular formula is C25H31NO3. The quantitative estimate of drug-likeness (QED) is 0.351. The molecule has 1 saturated carbocycles. The number of unbranched alkanes of at least 4 members (excludes halogenated alkanes) is 3. The molecule has 29 heavy (non-hydrogen) atoms. The van der Waals surface area contributed by atoms with E-state index in [2.05, 4.69) is 18.3 Å². The van der Waals surface area contributed by atoms with Crippen LogP contribution in [0.3, 0.4) is 0 Å². The van der Waals surface area contributed by atoms with Crippen molar-refractivity contribution in [2.45, 2.75) is 63.8 Å². The van der Waals surface area contributed by atoms with E-state index in [0.29, 0.717) is 29.9 Å². The Kier molecular flexibility index (Phi) is 7.59. The molecule has 4 heteroatoms. The first kappa shape index (κ1) is 21.3. The molecule has 1 N–H and O–H groups in total. The number of hydrogen-bond donors (Lipinski definition) is 1. The van der Waals surface area contributed by atoms with E-state index in [0.717, 1.165) is 31.4 Å². The van der Waals surface area contributed by atoms with Gasteiger partial charge in [-0.15, -0.1) is 0 Å². The third-order valence-electron chi connectivity index (χ3n) is 5.76. The number of esters is 1. The van der Waals surface area contributed by atoms with Crippen LogP contribution in [0.1, 0.15) is 74.2 Å². The Labute approximate surface area is 173 Å². The zero-order valence-electron chi connectivity index (χ0n) is 17.3. The molecule has 0 aliphatic heterocycles. The lowest BCUT2D eigenvalue weighted by Crippen LogP contribution is -2.45. The molecule has 1 aliphatic carbocycles. The van der Waals surface area contributed by atoms with Crippen LogP contribution in [0.4, 0.5) is 0 Å². The summed E-state index contributed by atoms with van der Waals surface area (Å²) in [5.74, 6) is 0.517. The molecule has 4 nitrogen and oxygen atoms in total. The van der Waals surface area contributed by atoms with Gasteiger partial charge in [-0.25, -0.2) is 4.79 Å². The number of nitrogens with one attached hydrogen (secondary N) is 1. The van der Waals surface area contributed by atoms with Crippen LogP contribution in [0.5, 0.6) is 5.75 Å². The Morgan fingerprint density at radius 3 is 2.48 bits per heavy atom. The van der Waals surface area contributed by atoms with E-state index in [1.54, 1.807) is 12.1 Å². The zero-order valence-corrected chi connectivity index (χ0v) is 17.3. The van der Waals surface area contributed by atoms with E-state index in [1.165, 1.54) is 19.3 Å². The van der Waals surface area contributed by atoms with Gasteiger partial charge in [0.25, 0.3) is 0 Å². The minimum atomic E-state index is -0.358. The number of ether oxygens (including phenoxy) is 1. The van der Waals surface area contributed by atoms with Crippen LogP contribution < -0.4 is 10.1 Å². The Balaban J connectivity index is 1.74. The van der Waals surface area contributed by atoms with E-state index < -0.39 is 0 Å². The Hall–Kier alpha value is -2.46. The highest BCUT2D eigenvalue weighted by Crippen LogP contribution is 2.37. The highest BCUT2D eigenvalue weighted by molar-refractivity contribution is 5.91. The summed E-state index contributed by atoms with van der Waals surface area (Å²) in [6.07, 6.45) is 7.57. The van der Waals surface area contributed by atoms with Gasteiger partial charge in [0.1, 0.15) is 11.5 Å². The minimum Gasteiger partial charge on any atom is -0.423 e. The van der Waals surface area contributed by atoms with E-state index in [1.807, 2.05) is 36.4 Å². The molecule has 1 fully saturated rings. The van der Waals surface area contributed by atoms with Crippen molar-refractivity contribution in [2.75, 3.05) is 6.54 Å². The largest absolute Gasteiger partial charge is 0.423 e. The number of hydrogen-bond acceptors (Lipinski definition) is 4. The summed E-state index contributed by atoms with van der Waals surface area (Å²) in [5.41, 5.74) is 1.40. The van der Waals surface area contributed by atoms with Crippen molar-refractivity contribution in [3.8, 4) is 5.75 Å². The Bertz CT molecular complexity index is 806. The molecule has 154 valence electrons. The molecule has 2 aromatic rings. The van der Waals surface area contributed by atoms with Crippen LogP contribution in [0.15, 0.2) is 54.6 Å². The second-order valence-electron chi connectivity index (χ2n) is 7.89. The molecule has 0 amide bonds. The van der Waals surface area contributed by atoms with Gasteiger partial charge in [0, 0.05) is 18.4 Å². The van der Waals surface area contributed by atoms with Crippen LogP contribution in [-0.4, -0.2) is 18.3 Å². The number of rotatable bonds is 9. The third kappa shape index (κ3) is 5.77. The topological polar surface area (TPSA) is 55.4 Å². The second kappa shape index (κ2) is 10.4. The number of Topliss-reactive ketones (excluding diaryl/α,β-unsaturated/α-hetero) is 1. The third-order valence-corrected chi connectivity index (χ3v) is 5.76. The average molecular weight is 394 g/mol. The van der Waals surface area contributed by atoms with Crippen LogP contribution >= 0.6 is 0 Å². The highest BCUT2D eigenvalue weighted by atomic mass is 16.5. The monoisotopic (exact) mass is 393 g/mol. The molecule has 1 aliphatic rings. The standard InChI is InChI=1S/C25H31NO3/c1-2-3-4-8-18-26-25(16-14-22(27)15-17-25)21-12-9-13-23(19-21)29-24(28)20-10-6-5-7-11-20/h5-7,9-13,19,26H,2-4,8,14-18H2,1H3. The molecule has 2 aromatic carbocycles. The Morgan fingerprint density at radius 2 is 1.76 bits per heavy atom. The van der Waals surface area contributed by atoms with Gasteiger partial charge in [-0.3, -0.25) is 4.79 Å². The predicted molar refractivity (Wildman–Crippen MR) is 115 cm³/mol. The van der Waals surface area contributed by atoms with Crippen molar-refractivity contribution in [1.29, 1.82) is 0 Å². The van der Waals surface area contributed by atoms with Crippen molar-refractivity contribution in [3.63, 3.8) is 0 Å². The van der Waals surface area contributed by atoms with Gasteiger partial charge in [0.2, 0.25) is 0 Å². The summed E-state index contributed by atoms with van der Waals surface area (Å²) in [6, 6.07) is 16.8.